The molecule has 10 heteroatoms. The predicted octanol–water partition coefficient (Wildman–Crippen LogP) is 7.17. The fraction of sp³-hybridized carbons (Fsp3) is 0.278. The van der Waals surface area contributed by atoms with Crippen LogP contribution in [0.1, 0.15) is 29.0 Å². The maximum Gasteiger partial charge on any atom is 0.407 e. The second-order valence-electron chi connectivity index (χ2n) is 11.0. The Morgan fingerprint density at radius 1 is 0.957 bits per heavy atom. The number of anilines is 1. The summed E-state index contributed by atoms with van der Waals surface area (Å²) in [5, 5.41) is 9.34. The summed E-state index contributed by atoms with van der Waals surface area (Å²) in [5.74, 6) is -0.437. The van der Waals surface area contributed by atoms with Crippen molar-refractivity contribution in [1.29, 1.82) is 0 Å². The monoisotopic (exact) mass is 705 g/mol. The Kier molecular flexibility index (Phi) is 12.2. The van der Waals surface area contributed by atoms with Crippen LogP contribution in [-0.2, 0) is 20.7 Å². The molecular formula is C36H37BrFN3O4S. The van der Waals surface area contributed by atoms with E-state index in [1.807, 2.05) is 91.0 Å². The number of morpholine rings is 1. The summed E-state index contributed by atoms with van der Waals surface area (Å²) in [6.07, 6.45) is 0.614. The van der Waals surface area contributed by atoms with Crippen molar-refractivity contribution in [2.45, 2.75) is 41.9 Å². The summed E-state index contributed by atoms with van der Waals surface area (Å²) in [7, 11) is 1.28. The number of aryl methyl sites for hydroxylation is 1. The van der Waals surface area contributed by atoms with E-state index in [0.29, 0.717) is 40.3 Å². The summed E-state index contributed by atoms with van der Waals surface area (Å²) >= 11 is 4.75. The molecule has 46 heavy (non-hydrogen) atoms. The highest BCUT2D eigenvalue weighted by atomic mass is 79.9. The van der Waals surface area contributed by atoms with E-state index in [9.17, 15) is 14.0 Å². The Labute approximate surface area is 281 Å². The summed E-state index contributed by atoms with van der Waals surface area (Å²) in [4.78, 5) is 27.2. The molecule has 3 N–H and O–H groups in total. The molecule has 0 radical (unpaired) electrons. The zero-order chi connectivity index (χ0) is 32.3. The maximum absolute atomic E-state index is 14.3. The summed E-state index contributed by atoms with van der Waals surface area (Å²) in [5.41, 5.74) is 3.40. The number of alkyl carbamates (subject to hydrolysis) is 1. The molecule has 5 rings (SSSR count). The van der Waals surface area contributed by atoms with Gasteiger partial charge in [-0.2, -0.15) is 0 Å². The van der Waals surface area contributed by atoms with Crippen molar-refractivity contribution < 1.29 is 23.5 Å². The van der Waals surface area contributed by atoms with E-state index in [1.54, 1.807) is 6.07 Å². The highest BCUT2D eigenvalue weighted by Crippen LogP contribution is 2.30. The molecule has 4 aromatic rings. The lowest BCUT2D eigenvalue weighted by Gasteiger charge is -2.31. The highest BCUT2D eigenvalue weighted by molar-refractivity contribution is 9.10. The number of nitrogens with one attached hydrogen (secondary N) is 3. The number of thioether (sulfide) groups is 1. The molecular weight excluding hydrogens is 669 g/mol. The summed E-state index contributed by atoms with van der Waals surface area (Å²) in [6, 6.07) is 31.1. The van der Waals surface area contributed by atoms with Crippen LogP contribution in [0, 0.1) is 5.82 Å². The lowest BCUT2D eigenvalue weighted by molar-refractivity contribution is -0.118. The van der Waals surface area contributed by atoms with Crippen LogP contribution in [0.25, 0.3) is 0 Å². The van der Waals surface area contributed by atoms with Crippen LogP contribution in [-0.4, -0.2) is 56.2 Å². The van der Waals surface area contributed by atoms with Crippen molar-refractivity contribution in [3.05, 3.63) is 130 Å². The van der Waals surface area contributed by atoms with Crippen molar-refractivity contribution >= 4 is 45.4 Å². The van der Waals surface area contributed by atoms with E-state index in [0.717, 1.165) is 23.1 Å². The molecule has 0 aliphatic carbocycles. The van der Waals surface area contributed by atoms with E-state index in [1.165, 1.54) is 24.9 Å². The first-order chi connectivity index (χ1) is 22.4. The molecule has 1 saturated heterocycles. The van der Waals surface area contributed by atoms with Gasteiger partial charge in [-0.3, -0.25) is 4.79 Å². The quantitative estimate of drug-likeness (QED) is 0.136. The molecule has 1 aliphatic heterocycles. The first kappa shape index (κ1) is 33.7. The van der Waals surface area contributed by atoms with Gasteiger partial charge in [-0.25, -0.2) is 9.18 Å². The van der Waals surface area contributed by atoms with Crippen LogP contribution >= 0.6 is 27.7 Å². The van der Waals surface area contributed by atoms with Crippen LogP contribution < -0.4 is 16.0 Å². The molecule has 3 atom stereocenters. The lowest BCUT2D eigenvalue weighted by atomic mass is 9.84. The Morgan fingerprint density at radius 3 is 2.28 bits per heavy atom. The number of carbonyl (C=O) groups excluding carboxylic acids is 2. The molecule has 1 aliphatic rings. The molecule has 4 aromatic carbocycles. The number of methoxy groups -OCH3 is 1. The number of ether oxygens (including phenoxy) is 2. The first-order valence-electron chi connectivity index (χ1n) is 15.2. The molecule has 7 nitrogen and oxygen atoms in total. The second kappa shape index (κ2) is 16.7. The number of rotatable bonds is 12. The van der Waals surface area contributed by atoms with Crippen molar-refractivity contribution in [3.63, 3.8) is 0 Å². The number of hydrogen-bond donors (Lipinski definition) is 3. The Morgan fingerprint density at radius 2 is 1.61 bits per heavy atom. The zero-order valence-corrected chi connectivity index (χ0v) is 27.9. The van der Waals surface area contributed by atoms with Crippen LogP contribution in [0.2, 0.25) is 0 Å². The van der Waals surface area contributed by atoms with E-state index in [2.05, 4.69) is 31.9 Å². The highest BCUT2D eigenvalue weighted by Gasteiger charge is 2.33. The van der Waals surface area contributed by atoms with E-state index >= 15 is 0 Å². The molecule has 0 spiro atoms. The van der Waals surface area contributed by atoms with Crippen molar-refractivity contribution in [2.24, 2.45) is 0 Å². The molecule has 1 heterocycles. The van der Waals surface area contributed by atoms with Crippen LogP contribution in [0.5, 0.6) is 0 Å². The standard InChI is InChI=1S/C36H37BrFN3O4S/c1-44-36(43)41-34(33(25-11-4-2-5-12-25)26-13-6-3-7-14-26)35(42)40-31-15-9-8-10-24(31)16-18-28-21-39-22-29(45-28)23-46-32-19-17-27(37)20-30(32)38/h2-15,17,19-20,28-29,33-34,39H,16,18,21-23H2,1H3,(H,40,42)(H,41,43)/t28-,29+,34+/m1/s1. The third kappa shape index (κ3) is 9.19. The van der Waals surface area contributed by atoms with E-state index in [4.69, 9.17) is 9.47 Å². The molecule has 2 amide bonds. The minimum absolute atomic E-state index is 0.0350. The SMILES string of the molecule is COC(=O)N[C@H](C(=O)Nc1ccccc1CC[C@@H]1CNC[C@@H](CSc2ccc(Br)cc2F)O1)C(c1ccccc1)c1ccccc1. The van der Waals surface area contributed by atoms with Crippen molar-refractivity contribution in [1.82, 2.24) is 10.6 Å². The Bertz CT molecular complexity index is 1560. The summed E-state index contributed by atoms with van der Waals surface area (Å²) in [6.45, 7) is 1.41. The maximum atomic E-state index is 14.3. The van der Waals surface area contributed by atoms with E-state index in [-0.39, 0.29) is 23.9 Å². The second-order valence-corrected chi connectivity index (χ2v) is 13.0. The molecule has 0 unspecified atom stereocenters. The van der Waals surface area contributed by atoms with Gasteiger partial charge in [-0.05, 0) is 53.8 Å². The van der Waals surface area contributed by atoms with Gasteiger partial charge in [-0.15, -0.1) is 11.8 Å². The third-order valence-electron chi connectivity index (χ3n) is 7.85. The van der Waals surface area contributed by atoms with Gasteiger partial charge in [-0.1, -0.05) is 94.8 Å². The van der Waals surface area contributed by atoms with Crippen LogP contribution in [0.15, 0.2) is 112 Å². The average Bonchev–Trinajstić information content (AvgIpc) is 3.08. The first-order valence-corrected chi connectivity index (χ1v) is 17.0. The minimum Gasteiger partial charge on any atom is -0.453 e. The van der Waals surface area contributed by atoms with Crippen LogP contribution in [0.4, 0.5) is 14.9 Å². The Balaban J connectivity index is 1.27. The largest absolute Gasteiger partial charge is 0.453 e. The number of amides is 2. The molecule has 0 saturated carbocycles. The molecule has 0 aromatic heterocycles. The summed E-state index contributed by atoms with van der Waals surface area (Å²) < 4.78 is 26.3. The fourth-order valence-electron chi connectivity index (χ4n) is 5.59. The third-order valence-corrected chi connectivity index (χ3v) is 9.52. The van der Waals surface area contributed by atoms with Gasteiger partial charge in [0.1, 0.15) is 11.9 Å². The Hall–Kier alpha value is -3.70. The van der Waals surface area contributed by atoms with Crippen molar-refractivity contribution in [3.8, 4) is 0 Å². The van der Waals surface area contributed by atoms with Gasteiger partial charge in [0, 0.05) is 39.8 Å². The zero-order valence-electron chi connectivity index (χ0n) is 25.5. The molecule has 1 fully saturated rings. The normalized spacial score (nSPS) is 16.9. The van der Waals surface area contributed by atoms with Crippen molar-refractivity contribution in [2.75, 3.05) is 31.3 Å². The number of benzene rings is 4. The van der Waals surface area contributed by atoms with Gasteiger partial charge in [0.05, 0.1) is 19.3 Å². The number of para-hydroxylation sites is 1. The predicted molar refractivity (Wildman–Crippen MR) is 184 cm³/mol. The number of carbonyl (C=O) groups is 2. The van der Waals surface area contributed by atoms with Gasteiger partial charge in [0.2, 0.25) is 5.91 Å². The minimum atomic E-state index is -0.954. The van der Waals surface area contributed by atoms with Gasteiger partial charge < -0.3 is 25.4 Å². The van der Waals surface area contributed by atoms with Crippen LogP contribution in [0.3, 0.4) is 0 Å². The van der Waals surface area contributed by atoms with E-state index < -0.39 is 18.1 Å². The smallest absolute Gasteiger partial charge is 0.407 e. The van der Waals surface area contributed by atoms with Gasteiger partial charge >= 0.3 is 6.09 Å². The molecule has 0 bridgehead atoms. The fourth-order valence-corrected chi connectivity index (χ4v) is 6.84. The van der Waals surface area contributed by atoms with Gasteiger partial charge in [0.15, 0.2) is 0 Å². The topological polar surface area (TPSA) is 88.7 Å². The molecule has 240 valence electrons. The lowest BCUT2D eigenvalue weighted by Crippen LogP contribution is -2.48. The number of hydrogen-bond acceptors (Lipinski definition) is 6. The number of halogens is 2. The average molecular weight is 707 g/mol. The van der Waals surface area contributed by atoms with Gasteiger partial charge in [0.25, 0.3) is 0 Å².